The number of benzene rings is 2. The molecule has 1 amide bonds. The Morgan fingerprint density at radius 3 is 2.14 bits per heavy atom. The van der Waals surface area contributed by atoms with E-state index in [-0.39, 0.29) is 34.8 Å². The topological polar surface area (TPSA) is 130 Å². The average molecular weight is 559 g/mol. The second kappa shape index (κ2) is 11.5. The normalized spacial score (nSPS) is 16.0. The van der Waals surface area contributed by atoms with Gasteiger partial charge in [-0.3, -0.25) is 9.35 Å². The molecule has 1 aliphatic rings. The van der Waals surface area contributed by atoms with Crippen molar-refractivity contribution in [2.24, 2.45) is 5.41 Å². The van der Waals surface area contributed by atoms with Gasteiger partial charge in [0.05, 0.1) is 16.4 Å². The van der Waals surface area contributed by atoms with Crippen LogP contribution in [-0.2, 0) is 24.9 Å². The van der Waals surface area contributed by atoms with E-state index >= 15 is 0 Å². The third-order valence-electron chi connectivity index (χ3n) is 6.19. The lowest BCUT2D eigenvalue weighted by atomic mass is 9.86. The minimum atomic E-state index is -4.40. The molecule has 36 heavy (non-hydrogen) atoms. The first kappa shape index (κ1) is 28.4. The van der Waals surface area contributed by atoms with E-state index in [4.69, 9.17) is 20.9 Å². The third-order valence-corrected chi connectivity index (χ3v) is 9.22. The fourth-order valence-corrected chi connectivity index (χ4v) is 5.98. The Bertz CT molecular complexity index is 1250. The largest absolute Gasteiger partial charge is 0.494 e. The Labute approximate surface area is 217 Å². The van der Waals surface area contributed by atoms with E-state index in [1.54, 1.807) is 24.3 Å². The second-order valence-electron chi connectivity index (χ2n) is 9.39. The zero-order valence-corrected chi connectivity index (χ0v) is 22.6. The lowest BCUT2D eigenvalue weighted by Gasteiger charge is -2.33. The summed E-state index contributed by atoms with van der Waals surface area (Å²) < 4.78 is 64.3. The Balaban J connectivity index is 1.46. The van der Waals surface area contributed by atoms with E-state index in [1.807, 2.05) is 13.8 Å². The van der Waals surface area contributed by atoms with Gasteiger partial charge in [-0.1, -0.05) is 25.4 Å². The molecule has 0 aliphatic carbocycles. The molecule has 1 aliphatic heterocycles. The summed E-state index contributed by atoms with van der Waals surface area (Å²) in [6, 6.07) is 11.4. The van der Waals surface area contributed by atoms with Crippen molar-refractivity contribution in [1.29, 1.82) is 0 Å². The van der Waals surface area contributed by atoms with E-state index in [2.05, 4.69) is 5.32 Å². The Morgan fingerprint density at radius 2 is 1.58 bits per heavy atom. The maximum Gasteiger partial charge on any atom is 0.294 e. The van der Waals surface area contributed by atoms with Crippen molar-refractivity contribution in [1.82, 2.24) is 9.62 Å². The van der Waals surface area contributed by atoms with E-state index < -0.39 is 25.6 Å². The fraction of sp³-hybridized carbons (Fsp3) is 0.458. The van der Waals surface area contributed by atoms with Gasteiger partial charge in [-0.05, 0) is 74.2 Å². The molecule has 0 radical (unpaired) electrons. The van der Waals surface area contributed by atoms with Crippen LogP contribution >= 0.6 is 11.6 Å². The van der Waals surface area contributed by atoms with Gasteiger partial charge in [0.1, 0.15) is 5.75 Å². The smallest absolute Gasteiger partial charge is 0.294 e. The molecule has 2 N–H and O–H groups in total. The molecule has 1 saturated heterocycles. The van der Waals surface area contributed by atoms with E-state index in [0.29, 0.717) is 37.3 Å². The zero-order valence-electron chi connectivity index (χ0n) is 20.2. The quantitative estimate of drug-likeness (QED) is 0.335. The molecule has 0 spiro atoms. The van der Waals surface area contributed by atoms with Gasteiger partial charge in [-0.15, -0.1) is 0 Å². The molecule has 0 bridgehead atoms. The molecule has 1 fully saturated rings. The SMILES string of the molecule is CC(C)(CCCOc1ccc(Cl)cc1)C(=O)NC1CCN(S(=O)(=O)c2ccc(S(=O)(=O)O)cc2)CC1. The monoisotopic (exact) mass is 558 g/mol. The fourth-order valence-electron chi connectivity index (χ4n) is 3.90. The molecule has 198 valence electrons. The van der Waals surface area contributed by atoms with Crippen molar-refractivity contribution >= 4 is 37.6 Å². The van der Waals surface area contributed by atoms with Gasteiger partial charge in [-0.2, -0.15) is 12.7 Å². The van der Waals surface area contributed by atoms with Crippen molar-refractivity contribution < 1.29 is 30.9 Å². The number of rotatable bonds is 10. The van der Waals surface area contributed by atoms with Crippen LogP contribution in [0.3, 0.4) is 0 Å². The van der Waals surface area contributed by atoms with Crippen LogP contribution < -0.4 is 10.1 Å². The summed E-state index contributed by atoms with van der Waals surface area (Å²) >= 11 is 5.87. The van der Waals surface area contributed by atoms with Crippen LogP contribution in [0.25, 0.3) is 0 Å². The van der Waals surface area contributed by atoms with Gasteiger partial charge >= 0.3 is 0 Å². The summed E-state index contributed by atoms with van der Waals surface area (Å²) in [5.41, 5.74) is -0.610. The minimum Gasteiger partial charge on any atom is -0.494 e. The maximum atomic E-state index is 12.9. The van der Waals surface area contributed by atoms with Crippen molar-refractivity contribution in [2.75, 3.05) is 19.7 Å². The van der Waals surface area contributed by atoms with Crippen molar-refractivity contribution in [3.8, 4) is 5.75 Å². The second-order valence-corrected chi connectivity index (χ2v) is 13.2. The van der Waals surface area contributed by atoms with E-state index in [9.17, 15) is 21.6 Å². The molecule has 3 rings (SSSR count). The summed E-state index contributed by atoms with van der Waals surface area (Å²) in [7, 11) is -8.22. The number of hydrogen-bond acceptors (Lipinski definition) is 6. The number of amides is 1. The number of ether oxygens (including phenoxy) is 1. The first-order chi connectivity index (χ1) is 16.8. The maximum absolute atomic E-state index is 12.9. The molecule has 2 aromatic rings. The predicted octanol–water partition coefficient (Wildman–Crippen LogP) is 3.74. The Hall–Kier alpha value is -2.18. The van der Waals surface area contributed by atoms with Crippen LogP contribution in [0.5, 0.6) is 5.75 Å². The first-order valence-electron chi connectivity index (χ1n) is 11.6. The number of carbonyl (C=O) groups excluding carboxylic acids is 1. The molecule has 2 aromatic carbocycles. The highest BCUT2D eigenvalue weighted by atomic mass is 35.5. The van der Waals surface area contributed by atoms with Crippen molar-refractivity contribution in [3.63, 3.8) is 0 Å². The molecule has 1 heterocycles. The van der Waals surface area contributed by atoms with Gasteiger partial charge < -0.3 is 10.1 Å². The molecule has 0 saturated carbocycles. The molecular weight excluding hydrogens is 528 g/mol. The minimum absolute atomic E-state index is 0.0562. The molecular formula is C24H31ClN2O7S2. The number of carbonyl (C=O) groups is 1. The molecule has 0 atom stereocenters. The number of nitrogens with zero attached hydrogens (tertiary/aromatic N) is 1. The third kappa shape index (κ3) is 7.42. The van der Waals surface area contributed by atoms with Gasteiger partial charge in [0.2, 0.25) is 15.9 Å². The first-order valence-corrected chi connectivity index (χ1v) is 14.8. The van der Waals surface area contributed by atoms with Crippen molar-refractivity contribution in [3.05, 3.63) is 53.6 Å². The van der Waals surface area contributed by atoms with Gasteiger partial charge in [0, 0.05) is 29.6 Å². The summed E-state index contributed by atoms with van der Waals surface area (Å²) in [6.45, 7) is 4.67. The summed E-state index contributed by atoms with van der Waals surface area (Å²) in [4.78, 5) is 12.5. The highest BCUT2D eigenvalue weighted by molar-refractivity contribution is 7.89. The van der Waals surface area contributed by atoms with E-state index in [1.165, 1.54) is 4.31 Å². The highest BCUT2D eigenvalue weighted by Gasteiger charge is 2.33. The highest BCUT2D eigenvalue weighted by Crippen LogP contribution is 2.26. The van der Waals surface area contributed by atoms with Crippen LogP contribution in [0.2, 0.25) is 5.02 Å². The van der Waals surface area contributed by atoms with Crippen LogP contribution in [0.1, 0.15) is 39.5 Å². The van der Waals surface area contributed by atoms with Crippen molar-refractivity contribution in [2.45, 2.75) is 55.4 Å². The summed E-state index contributed by atoms with van der Waals surface area (Å²) in [6.07, 6.45) is 2.24. The molecule has 9 nitrogen and oxygen atoms in total. The number of hydrogen-bond donors (Lipinski definition) is 2. The van der Waals surface area contributed by atoms with Crippen LogP contribution in [0.4, 0.5) is 0 Å². The lowest BCUT2D eigenvalue weighted by molar-refractivity contribution is -0.130. The average Bonchev–Trinajstić information content (AvgIpc) is 2.83. The van der Waals surface area contributed by atoms with Gasteiger partial charge in [0.15, 0.2) is 0 Å². The van der Waals surface area contributed by atoms with Gasteiger partial charge in [0.25, 0.3) is 10.1 Å². The van der Waals surface area contributed by atoms with E-state index in [0.717, 1.165) is 30.0 Å². The van der Waals surface area contributed by atoms with Crippen LogP contribution in [0.15, 0.2) is 58.3 Å². The van der Waals surface area contributed by atoms with Gasteiger partial charge in [-0.25, -0.2) is 8.42 Å². The Kier molecular flexibility index (Phi) is 9.05. The predicted molar refractivity (Wildman–Crippen MR) is 136 cm³/mol. The number of halogens is 1. The zero-order chi connectivity index (χ0) is 26.6. The number of nitrogens with one attached hydrogen (secondary N) is 1. The molecule has 0 aromatic heterocycles. The van der Waals surface area contributed by atoms with Crippen LogP contribution in [0, 0.1) is 5.41 Å². The molecule has 12 heteroatoms. The standard InChI is InChI=1S/C24H31ClN2O7S2/c1-24(2,14-3-17-34-20-6-4-18(25)5-7-20)23(28)26-19-12-15-27(16-13-19)35(29,30)21-8-10-22(11-9-21)36(31,32)33/h4-11,19H,3,12-17H2,1-2H3,(H,26,28)(H,31,32,33). The molecule has 0 unspecified atom stereocenters. The lowest BCUT2D eigenvalue weighted by Crippen LogP contribution is -2.49. The number of piperidine rings is 1. The summed E-state index contributed by atoms with van der Waals surface area (Å²) in [5, 5.41) is 3.69. The summed E-state index contributed by atoms with van der Waals surface area (Å²) in [5.74, 6) is 0.633. The number of sulfonamides is 1. The van der Waals surface area contributed by atoms with Crippen LogP contribution in [-0.4, -0.2) is 57.3 Å². The Morgan fingerprint density at radius 1 is 1.03 bits per heavy atom.